The van der Waals surface area contributed by atoms with Gasteiger partial charge in [0.15, 0.2) is 0 Å². The summed E-state index contributed by atoms with van der Waals surface area (Å²) in [6.07, 6.45) is 3.20. The van der Waals surface area contributed by atoms with Gasteiger partial charge in [0.2, 0.25) is 5.91 Å². The largest absolute Gasteiger partial charge is 0.370 e. The van der Waals surface area contributed by atoms with Crippen LogP contribution in [-0.2, 0) is 14.3 Å². The first-order valence-corrected chi connectivity index (χ1v) is 8.53. The van der Waals surface area contributed by atoms with Crippen LogP contribution in [0.5, 0.6) is 0 Å². The zero-order valence-electron chi connectivity index (χ0n) is 14.0. The van der Waals surface area contributed by atoms with E-state index in [0.717, 1.165) is 19.3 Å². The van der Waals surface area contributed by atoms with E-state index in [4.69, 9.17) is 10.5 Å². The maximum Gasteiger partial charge on any atom is 0.253 e. The number of ether oxygens (including phenoxy) is 1. The van der Waals surface area contributed by atoms with E-state index in [9.17, 15) is 14.0 Å². The van der Waals surface area contributed by atoms with Crippen LogP contribution in [0.4, 0.5) is 15.8 Å². The Balaban J connectivity index is 1.65. The topological polar surface area (TPSA) is 96.7 Å². The van der Waals surface area contributed by atoms with Crippen molar-refractivity contribution >= 4 is 23.2 Å². The van der Waals surface area contributed by atoms with Crippen LogP contribution in [-0.4, -0.2) is 50.2 Å². The highest BCUT2D eigenvalue weighted by molar-refractivity contribution is 5.97. The third-order valence-corrected chi connectivity index (χ3v) is 4.60. The highest BCUT2D eigenvalue weighted by atomic mass is 19.1. The maximum absolute atomic E-state index is 14.4. The molecule has 3 rings (SSSR count). The maximum atomic E-state index is 14.4. The number of nitrogens with two attached hydrogens (primary N) is 1. The summed E-state index contributed by atoms with van der Waals surface area (Å²) in [7, 11) is 0. The molecule has 1 aliphatic heterocycles. The van der Waals surface area contributed by atoms with Crippen LogP contribution in [0.1, 0.15) is 19.3 Å². The van der Waals surface area contributed by atoms with Crippen LogP contribution in [0, 0.1) is 5.82 Å². The molecule has 8 heteroatoms. The van der Waals surface area contributed by atoms with Gasteiger partial charge in [0.05, 0.1) is 18.3 Å². The van der Waals surface area contributed by atoms with Crippen molar-refractivity contribution in [3.63, 3.8) is 0 Å². The second-order valence-electron chi connectivity index (χ2n) is 6.33. The first-order chi connectivity index (χ1) is 12.1. The van der Waals surface area contributed by atoms with Crippen molar-refractivity contribution in [3.05, 3.63) is 24.0 Å². The molecule has 25 heavy (non-hydrogen) atoms. The van der Waals surface area contributed by atoms with Gasteiger partial charge >= 0.3 is 0 Å². The summed E-state index contributed by atoms with van der Waals surface area (Å²) in [5.74, 6) is -1.16. The SMILES string of the molecule is NCC(NC1CCC1)C(=O)Nc1ccc(N2CCOCC2=O)cc1F. The highest BCUT2D eigenvalue weighted by Crippen LogP contribution is 2.24. The Hall–Kier alpha value is -2.03. The van der Waals surface area contributed by atoms with E-state index < -0.39 is 11.9 Å². The van der Waals surface area contributed by atoms with Gasteiger partial charge in [-0.15, -0.1) is 0 Å². The zero-order valence-corrected chi connectivity index (χ0v) is 14.0. The number of amides is 2. The Morgan fingerprint density at radius 3 is 2.84 bits per heavy atom. The monoisotopic (exact) mass is 350 g/mol. The van der Waals surface area contributed by atoms with Gasteiger partial charge in [0, 0.05) is 24.8 Å². The Kier molecular flexibility index (Phi) is 5.62. The summed E-state index contributed by atoms with van der Waals surface area (Å²) in [6, 6.07) is 4.07. The van der Waals surface area contributed by atoms with Gasteiger partial charge in [-0.05, 0) is 31.0 Å². The first-order valence-electron chi connectivity index (χ1n) is 8.53. The fourth-order valence-electron chi connectivity index (χ4n) is 2.89. The Labute approximate surface area is 145 Å². The fourth-order valence-corrected chi connectivity index (χ4v) is 2.89. The molecule has 2 amide bonds. The smallest absolute Gasteiger partial charge is 0.253 e. The molecule has 2 aliphatic rings. The van der Waals surface area contributed by atoms with E-state index in [-0.39, 0.29) is 30.7 Å². The van der Waals surface area contributed by atoms with Gasteiger partial charge in [0.25, 0.3) is 5.91 Å². The van der Waals surface area contributed by atoms with E-state index in [1.165, 1.54) is 17.0 Å². The summed E-state index contributed by atoms with van der Waals surface area (Å²) in [4.78, 5) is 25.6. The van der Waals surface area contributed by atoms with Crippen LogP contribution in [0.25, 0.3) is 0 Å². The van der Waals surface area contributed by atoms with Crippen molar-refractivity contribution in [2.45, 2.75) is 31.3 Å². The van der Waals surface area contributed by atoms with Gasteiger partial charge < -0.3 is 26.0 Å². The highest BCUT2D eigenvalue weighted by Gasteiger charge is 2.26. The van der Waals surface area contributed by atoms with E-state index in [2.05, 4.69) is 10.6 Å². The number of benzene rings is 1. The molecule has 1 saturated carbocycles. The average molecular weight is 350 g/mol. The Morgan fingerprint density at radius 2 is 2.24 bits per heavy atom. The molecule has 136 valence electrons. The van der Waals surface area contributed by atoms with Crippen molar-refractivity contribution in [1.29, 1.82) is 0 Å². The van der Waals surface area contributed by atoms with E-state index in [0.29, 0.717) is 24.9 Å². The number of morpholine rings is 1. The molecule has 0 radical (unpaired) electrons. The van der Waals surface area contributed by atoms with Crippen molar-refractivity contribution in [2.24, 2.45) is 5.73 Å². The lowest BCUT2D eigenvalue weighted by Gasteiger charge is -2.30. The second-order valence-corrected chi connectivity index (χ2v) is 6.33. The van der Waals surface area contributed by atoms with Crippen molar-refractivity contribution in [3.8, 4) is 0 Å². The molecule has 1 heterocycles. The molecule has 1 aliphatic carbocycles. The number of anilines is 2. The van der Waals surface area contributed by atoms with Crippen LogP contribution < -0.4 is 21.3 Å². The molecular weight excluding hydrogens is 327 g/mol. The van der Waals surface area contributed by atoms with E-state index in [1.54, 1.807) is 6.07 Å². The lowest BCUT2D eigenvalue weighted by atomic mass is 9.92. The molecule has 0 bridgehead atoms. The molecule has 2 fully saturated rings. The Morgan fingerprint density at radius 1 is 1.44 bits per heavy atom. The third-order valence-electron chi connectivity index (χ3n) is 4.60. The molecule has 0 aromatic heterocycles. The van der Waals surface area contributed by atoms with Gasteiger partial charge in [-0.2, -0.15) is 0 Å². The summed E-state index contributed by atoms with van der Waals surface area (Å²) >= 11 is 0. The van der Waals surface area contributed by atoms with Crippen molar-refractivity contribution in [2.75, 3.05) is 36.5 Å². The van der Waals surface area contributed by atoms with Crippen LogP contribution >= 0.6 is 0 Å². The average Bonchev–Trinajstić information content (AvgIpc) is 2.56. The quantitative estimate of drug-likeness (QED) is 0.698. The van der Waals surface area contributed by atoms with Crippen LogP contribution in [0.15, 0.2) is 18.2 Å². The number of halogens is 1. The number of hydrogen-bond acceptors (Lipinski definition) is 5. The van der Waals surface area contributed by atoms with Gasteiger partial charge in [-0.1, -0.05) is 6.42 Å². The lowest BCUT2D eigenvalue weighted by Crippen LogP contribution is -2.52. The summed E-state index contributed by atoms with van der Waals surface area (Å²) in [5.41, 5.74) is 6.18. The summed E-state index contributed by atoms with van der Waals surface area (Å²) in [6.45, 7) is 0.927. The second kappa shape index (κ2) is 7.90. The first kappa shape index (κ1) is 17.8. The summed E-state index contributed by atoms with van der Waals surface area (Å²) < 4.78 is 19.4. The minimum Gasteiger partial charge on any atom is -0.370 e. The van der Waals surface area contributed by atoms with Crippen molar-refractivity contribution in [1.82, 2.24) is 5.32 Å². The predicted octanol–water partition coefficient (Wildman–Crippen LogP) is 0.597. The number of nitrogens with one attached hydrogen (secondary N) is 2. The molecule has 1 saturated heterocycles. The lowest BCUT2D eigenvalue weighted by molar-refractivity contribution is -0.125. The van der Waals surface area contributed by atoms with E-state index >= 15 is 0 Å². The molecule has 1 unspecified atom stereocenters. The number of nitrogens with zero attached hydrogens (tertiary/aromatic N) is 1. The minimum absolute atomic E-state index is 0.00881. The van der Waals surface area contributed by atoms with Crippen LogP contribution in [0.3, 0.4) is 0 Å². The molecule has 7 nitrogen and oxygen atoms in total. The van der Waals surface area contributed by atoms with Crippen LogP contribution in [0.2, 0.25) is 0 Å². The molecule has 1 aromatic carbocycles. The third kappa shape index (κ3) is 4.15. The number of carbonyl (C=O) groups excluding carboxylic acids is 2. The fraction of sp³-hybridized carbons (Fsp3) is 0.529. The molecule has 1 atom stereocenters. The van der Waals surface area contributed by atoms with Gasteiger partial charge in [-0.3, -0.25) is 9.59 Å². The molecule has 0 spiro atoms. The normalized spacial score (nSPS) is 19.4. The molecular formula is C17H23FN4O3. The molecule has 1 aromatic rings. The summed E-state index contributed by atoms with van der Waals surface area (Å²) in [5, 5.41) is 5.76. The Bertz CT molecular complexity index is 651. The van der Waals surface area contributed by atoms with Gasteiger partial charge in [0.1, 0.15) is 12.4 Å². The minimum atomic E-state index is -0.593. The van der Waals surface area contributed by atoms with Gasteiger partial charge in [-0.25, -0.2) is 4.39 Å². The number of carbonyl (C=O) groups is 2. The van der Waals surface area contributed by atoms with E-state index in [1.807, 2.05) is 0 Å². The van der Waals surface area contributed by atoms with Crippen molar-refractivity contribution < 1.29 is 18.7 Å². The number of hydrogen-bond donors (Lipinski definition) is 3. The number of rotatable bonds is 6. The predicted molar refractivity (Wildman–Crippen MR) is 91.8 cm³/mol. The molecule has 4 N–H and O–H groups in total. The zero-order chi connectivity index (χ0) is 17.8. The standard InChI is InChI=1S/C17H23FN4O3/c18-13-8-12(22-6-7-25-10-16(22)23)4-5-14(13)21-17(24)15(9-19)20-11-2-1-3-11/h4-5,8,11,15,20H,1-3,6-7,9-10,19H2,(H,21,24).